The first-order valence-corrected chi connectivity index (χ1v) is 8.02. The second-order valence-electron chi connectivity index (χ2n) is 6.60. The Morgan fingerprint density at radius 1 is 1.42 bits per heavy atom. The summed E-state index contributed by atoms with van der Waals surface area (Å²) in [4.78, 5) is 16.7. The average molecular weight is 370 g/mol. The molecule has 0 aliphatic heterocycles. The third-order valence-electron chi connectivity index (χ3n) is 3.56. The number of halogens is 2. The van der Waals surface area contributed by atoms with E-state index in [4.69, 9.17) is 17.3 Å². The number of nitrogens with zero attached hydrogens (tertiary/aromatic N) is 3. The third kappa shape index (κ3) is 4.26. The zero-order valence-electron chi connectivity index (χ0n) is 13.6. The zero-order valence-corrected chi connectivity index (χ0v) is 15.2. The fourth-order valence-electron chi connectivity index (χ4n) is 2.21. The molecule has 3 N–H and O–H groups in total. The molecule has 8 heteroatoms. The van der Waals surface area contributed by atoms with Crippen molar-refractivity contribution in [2.45, 2.75) is 38.1 Å². The first-order chi connectivity index (χ1) is 10.8. The summed E-state index contributed by atoms with van der Waals surface area (Å²) in [6.07, 6.45) is 2.11. The maximum atomic E-state index is 12.3. The minimum Gasteiger partial charge on any atom is -0.347 e. The van der Waals surface area contributed by atoms with Crippen LogP contribution in [0.3, 0.4) is 0 Å². The highest BCUT2D eigenvalue weighted by Crippen LogP contribution is 2.40. The molecule has 3 rings (SSSR count). The summed E-state index contributed by atoms with van der Waals surface area (Å²) in [5.74, 6) is 0.953. The Morgan fingerprint density at radius 2 is 2.08 bits per heavy atom. The molecule has 6 nitrogen and oxygen atoms in total. The molecule has 1 aromatic heterocycles. The molecular formula is C16H21Cl2N5O. The molecule has 0 bridgehead atoms. The Balaban J connectivity index is 0.00000208. The van der Waals surface area contributed by atoms with E-state index in [2.05, 4.69) is 15.4 Å². The van der Waals surface area contributed by atoms with Gasteiger partial charge in [-0.05, 0) is 38.8 Å². The number of para-hydroxylation sites is 1. The van der Waals surface area contributed by atoms with Crippen molar-refractivity contribution in [2.75, 3.05) is 6.54 Å². The number of benzene rings is 1. The minimum atomic E-state index is -0.486. The highest BCUT2D eigenvalue weighted by molar-refractivity contribution is 6.32. The molecule has 2 aromatic rings. The van der Waals surface area contributed by atoms with Gasteiger partial charge in [0.05, 0.1) is 10.7 Å². The molecule has 1 fully saturated rings. The van der Waals surface area contributed by atoms with Crippen molar-refractivity contribution in [1.29, 1.82) is 0 Å². The smallest absolute Gasteiger partial charge is 0.291 e. The molecule has 1 aliphatic carbocycles. The number of hydrogen-bond donors (Lipinski definition) is 2. The van der Waals surface area contributed by atoms with Gasteiger partial charge in [-0.2, -0.15) is 0 Å². The summed E-state index contributed by atoms with van der Waals surface area (Å²) in [6.45, 7) is 4.04. The number of amides is 1. The lowest BCUT2D eigenvalue weighted by Crippen LogP contribution is -2.45. The molecule has 1 saturated carbocycles. The lowest BCUT2D eigenvalue weighted by atomic mass is 10.1. The Bertz CT molecular complexity index is 734. The van der Waals surface area contributed by atoms with Gasteiger partial charge in [-0.25, -0.2) is 9.67 Å². The van der Waals surface area contributed by atoms with Gasteiger partial charge in [0.25, 0.3) is 5.91 Å². The van der Waals surface area contributed by atoms with Gasteiger partial charge in [0.15, 0.2) is 0 Å². The van der Waals surface area contributed by atoms with E-state index in [0.717, 1.165) is 24.4 Å². The van der Waals surface area contributed by atoms with Crippen LogP contribution >= 0.6 is 24.0 Å². The van der Waals surface area contributed by atoms with Crippen molar-refractivity contribution in [1.82, 2.24) is 20.1 Å². The van der Waals surface area contributed by atoms with Gasteiger partial charge < -0.3 is 11.1 Å². The highest BCUT2D eigenvalue weighted by Gasteiger charge is 2.32. The fourth-order valence-corrected chi connectivity index (χ4v) is 2.43. The van der Waals surface area contributed by atoms with Crippen LogP contribution in [-0.4, -0.2) is 32.8 Å². The molecule has 24 heavy (non-hydrogen) atoms. The highest BCUT2D eigenvalue weighted by atomic mass is 35.5. The summed E-state index contributed by atoms with van der Waals surface area (Å²) >= 11 is 6.26. The number of nitrogens with two attached hydrogens (primary N) is 1. The quantitative estimate of drug-likeness (QED) is 0.847. The van der Waals surface area contributed by atoms with Crippen LogP contribution in [0.15, 0.2) is 24.3 Å². The van der Waals surface area contributed by atoms with Crippen LogP contribution in [0.4, 0.5) is 0 Å². The molecule has 0 spiro atoms. The number of aromatic nitrogens is 3. The SMILES string of the molecule is CC(C)(N)CNC(=O)c1nc(C2CC2)n(-c2ccccc2Cl)n1.Cl. The zero-order chi connectivity index (χ0) is 16.6. The van der Waals surface area contributed by atoms with Gasteiger partial charge in [0, 0.05) is 18.0 Å². The van der Waals surface area contributed by atoms with Crippen LogP contribution in [0.2, 0.25) is 5.02 Å². The van der Waals surface area contributed by atoms with Gasteiger partial charge >= 0.3 is 0 Å². The van der Waals surface area contributed by atoms with Crippen molar-refractivity contribution in [3.63, 3.8) is 0 Å². The first-order valence-electron chi connectivity index (χ1n) is 7.64. The summed E-state index contributed by atoms with van der Waals surface area (Å²) < 4.78 is 1.68. The Hall–Kier alpha value is -1.63. The largest absolute Gasteiger partial charge is 0.347 e. The molecule has 0 radical (unpaired) electrons. The van der Waals surface area contributed by atoms with Gasteiger partial charge in [0.2, 0.25) is 5.82 Å². The maximum Gasteiger partial charge on any atom is 0.291 e. The molecule has 0 saturated heterocycles. The van der Waals surface area contributed by atoms with Crippen molar-refractivity contribution < 1.29 is 4.79 Å². The van der Waals surface area contributed by atoms with Gasteiger partial charge in [0.1, 0.15) is 5.82 Å². The van der Waals surface area contributed by atoms with Crippen molar-refractivity contribution in [2.24, 2.45) is 5.73 Å². The summed E-state index contributed by atoms with van der Waals surface area (Å²) in [6, 6.07) is 7.41. The number of carbonyl (C=O) groups excluding carboxylic acids is 1. The van der Waals surface area contributed by atoms with Gasteiger partial charge in [-0.15, -0.1) is 17.5 Å². The number of carbonyl (C=O) groups is 1. The van der Waals surface area contributed by atoms with E-state index in [1.54, 1.807) is 10.7 Å². The van der Waals surface area contributed by atoms with E-state index < -0.39 is 5.54 Å². The van der Waals surface area contributed by atoms with Gasteiger partial charge in [-0.3, -0.25) is 4.79 Å². The summed E-state index contributed by atoms with van der Waals surface area (Å²) in [5, 5.41) is 7.72. The molecule has 130 valence electrons. The van der Waals surface area contributed by atoms with E-state index >= 15 is 0 Å². The van der Waals surface area contributed by atoms with E-state index in [1.165, 1.54) is 0 Å². The molecule has 1 heterocycles. The number of hydrogen-bond acceptors (Lipinski definition) is 4. The van der Waals surface area contributed by atoms with E-state index in [9.17, 15) is 4.79 Å². The average Bonchev–Trinajstić information content (AvgIpc) is 3.24. The van der Waals surface area contributed by atoms with Crippen LogP contribution in [0, 0.1) is 0 Å². The minimum absolute atomic E-state index is 0. The third-order valence-corrected chi connectivity index (χ3v) is 3.88. The predicted molar refractivity (Wildman–Crippen MR) is 96.2 cm³/mol. The fraction of sp³-hybridized carbons (Fsp3) is 0.438. The predicted octanol–water partition coefficient (Wildman–Crippen LogP) is 2.69. The van der Waals surface area contributed by atoms with Crippen molar-refractivity contribution in [3.05, 3.63) is 40.9 Å². The lowest BCUT2D eigenvalue weighted by Gasteiger charge is -2.18. The van der Waals surface area contributed by atoms with Crippen LogP contribution in [0.1, 0.15) is 49.1 Å². The molecule has 1 amide bonds. The number of nitrogens with one attached hydrogen (secondary N) is 1. The number of rotatable bonds is 5. The van der Waals surface area contributed by atoms with Crippen LogP contribution in [0.5, 0.6) is 0 Å². The van der Waals surface area contributed by atoms with Crippen LogP contribution in [0.25, 0.3) is 5.69 Å². The van der Waals surface area contributed by atoms with Crippen LogP contribution in [-0.2, 0) is 0 Å². The lowest BCUT2D eigenvalue weighted by molar-refractivity contribution is 0.0935. The second-order valence-corrected chi connectivity index (χ2v) is 7.01. The van der Waals surface area contributed by atoms with E-state index in [-0.39, 0.29) is 24.1 Å². The topological polar surface area (TPSA) is 85.8 Å². The molecular weight excluding hydrogens is 349 g/mol. The Labute approximate surface area is 152 Å². The monoisotopic (exact) mass is 369 g/mol. The van der Waals surface area contributed by atoms with E-state index in [0.29, 0.717) is 17.5 Å². The second kappa shape index (κ2) is 7.09. The summed E-state index contributed by atoms with van der Waals surface area (Å²) in [7, 11) is 0. The summed E-state index contributed by atoms with van der Waals surface area (Å²) in [5.41, 5.74) is 6.14. The first kappa shape index (κ1) is 18.7. The Kier molecular flexibility index (Phi) is 5.52. The standard InChI is InChI=1S/C16H20ClN5O.ClH/c1-16(2,18)9-19-15(23)13-20-14(10-7-8-10)22(21-13)12-6-4-3-5-11(12)17;/h3-6,10H,7-9,18H2,1-2H3,(H,19,23);1H. The van der Waals surface area contributed by atoms with E-state index in [1.807, 2.05) is 32.0 Å². The molecule has 1 aliphatic rings. The van der Waals surface area contributed by atoms with Crippen molar-refractivity contribution >= 4 is 29.9 Å². The molecule has 0 unspecified atom stereocenters. The van der Waals surface area contributed by atoms with Crippen molar-refractivity contribution in [3.8, 4) is 5.69 Å². The molecule has 0 atom stereocenters. The van der Waals surface area contributed by atoms with Gasteiger partial charge in [-0.1, -0.05) is 23.7 Å². The molecule has 1 aromatic carbocycles. The Morgan fingerprint density at radius 3 is 2.67 bits per heavy atom. The normalized spacial score (nSPS) is 14.2. The maximum absolute atomic E-state index is 12.3. The van der Waals surface area contributed by atoms with Crippen LogP contribution < -0.4 is 11.1 Å².